The molecule has 2 aliphatic rings. The highest BCUT2D eigenvalue weighted by Crippen LogP contribution is 2.61. The Balaban J connectivity index is 1.91. The third kappa shape index (κ3) is 1.93. The average molecular weight is 310 g/mol. The first-order valence-corrected chi connectivity index (χ1v) is 8.87. The van der Waals surface area contributed by atoms with Gasteiger partial charge in [-0.1, -0.05) is 42.5 Å². The second kappa shape index (κ2) is 4.89. The molecule has 1 heterocycles. The van der Waals surface area contributed by atoms with Gasteiger partial charge in [-0.15, -0.1) is 0 Å². The number of para-hydroxylation sites is 1. The minimum Gasteiger partial charge on any atom is -0.512 e. The smallest absolute Gasteiger partial charge is 0.303 e. The summed E-state index contributed by atoms with van der Waals surface area (Å²) < 4.78 is 19.7. The van der Waals surface area contributed by atoms with Gasteiger partial charge in [-0.3, -0.25) is 4.57 Å². The molecular formula is C18H15O3P. The summed E-state index contributed by atoms with van der Waals surface area (Å²) >= 11 is 0. The summed E-state index contributed by atoms with van der Waals surface area (Å²) in [5.41, 5.74) is 1.94. The van der Waals surface area contributed by atoms with Crippen LogP contribution >= 0.6 is 7.37 Å². The van der Waals surface area contributed by atoms with E-state index in [9.17, 15) is 9.67 Å². The first kappa shape index (κ1) is 13.4. The lowest BCUT2D eigenvalue weighted by Gasteiger charge is -2.30. The van der Waals surface area contributed by atoms with Crippen LogP contribution < -0.4 is 9.83 Å². The quantitative estimate of drug-likeness (QED) is 0.772. The van der Waals surface area contributed by atoms with Gasteiger partial charge in [0.25, 0.3) is 0 Å². The predicted octanol–water partition coefficient (Wildman–Crippen LogP) is 4.77. The van der Waals surface area contributed by atoms with Gasteiger partial charge in [-0.05, 0) is 23.8 Å². The predicted molar refractivity (Wildman–Crippen MR) is 87.8 cm³/mol. The van der Waals surface area contributed by atoms with E-state index in [2.05, 4.69) is 0 Å². The van der Waals surface area contributed by atoms with Crippen LogP contribution in [0.5, 0.6) is 5.75 Å². The molecule has 1 aliphatic carbocycles. The van der Waals surface area contributed by atoms with Crippen molar-refractivity contribution in [3.63, 3.8) is 0 Å². The highest BCUT2D eigenvalue weighted by Gasteiger charge is 2.39. The van der Waals surface area contributed by atoms with Crippen molar-refractivity contribution in [1.29, 1.82) is 0 Å². The van der Waals surface area contributed by atoms with Gasteiger partial charge in [-0.2, -0.15) is 0 Å². The zero-order valence-electron chi connectivity index (χ0n) is 11.9. The molecule has 4 rings (SSSR count). The topological polar surface area (TPSA) is 46.5 Å². The van der Waals surface area contributed by atoms with Crippen LogP contribution in [-0.4, -0.2) is 5.11 Å². The number of hydrogen-bond donors (Lipinski definition) is 1. The molecule has 0 fully saturated rings. The number of aliphatic hydroxyl groups excluding tert-OH is 1. The normalized spacial score (nSPS) is 22.7. The van der Waals surface area contributed by atoms with Gasteiger partial charge in [0, 0.05) is 23.7 Å². The van der Waals surface area contributed by atoms with E-state index in [4.69, 9.17) is 4.52 Å². The zero-order valence-corrected chi connectivity index (χ0v) is 12.8. The molecule has 1 atom stereocenters. The van der Waals surface area contributed by atoms with Crippen molar-refractivity contribution in [1.82, 2.24) is 0 Å². The summed E-state index contributed by atoms with van der Waals surface area (Å²) in [7, 11) is -3.13. The molecule has 110 valence electrons. The van der Waals surface area contributed by atoms with Crippen LogP contribution in [0.1, 0.15) is 12.8 Å². The Labute approximate surface area is 129 Å². The fourth-order valence-electron chi connectivity index (χ4n) is 2.98. The minimum absolute atomic E-state index is 0.320. The van der Waals surface area contributed by atoms with Crippen molar-refractivity contribution in [3.05, 3.63) is 71.8 Å². The number of allylic oxidation sites excluding steroid dienone is 3. The maximum absolute atomic E-state index is 13.7. The Kier molecular flexibility index (Phi) is 2.98. The Hall–Kier alpha value is -2.25. The number of fused-ring (bicyclic) bond motifs is 3. The Morgan fingerprint density at radius 3 is 2.41 bits per heavy atom. The first-order valence-electron chi connectivity index (χ1n) is 7.25. The maximum Gasteiger partial charge on any atom is 0.303 e. The molecule has 1 unspecified atom stereocenters. The van der Waals surface area contributed by atoms with E-state index in [0.29, 0.717) is 24.4 Å². The second-order valence-corrected chi connectivity index (χ2v) is 7.80. The van der Waals surface area contributed by atoms with E-state index in [-0.39, 0.29) is 0 Å². The fourth-order valence-corrected chi connectivity index (χ4v) is 5.40. The van der Waals surface area contributed by atoms with Crippen LogP contribution in [0, 0.1) is 0 Å². The summed E-state index contributed by atoms with van der Waals surface area (Å²) in [5.74, 6) is 0.977. The second-order valence-electron chi connectivity index (χ2n) is 5.46. The van der Waals surface area contributed by atoms with Gasteiger partial charge in [0.05, 0.1) is 11.1 Å². The molecule has 0 aromatic heterocycles. The lowest BCUT2D eigenvalue weighted by Crippen LogP contribution is -2.19. The van der Waals surface area contributed by atoms with Gasteiger partial charge >= 0.3 is 7.37 Å². The number of benzene rings is 2. The maximum atomic E-state index is 13.7. The largest absolute Gasteiger partial charge is 0.512 e. The molecule has 2 aromatic rings. The van der Waals surface area contributed by atoms with Crippen LogP contribution in [0.3, 0.4) is 0 Å². The van der Waals surface area contributed by atoms with Crippen molar-refractivity contribution in [2.45, 2.75) is 12.8 Å². The average Bonchev–Trinajstić information content (AvgIpc) is 2.56. The van der Waals surface area contributed by atoms with Crippen LogP contribution in [0.4, 0.5) is 0 Å². The molecule has 0 saturated heterocycles. The molecule has 0 amide bonds. The SMILES string of the molecule is O=P1(C2=CCC(O)=CC2)Oc2ccccc2-c2ccccc21. The number of aliphatic hydroxyl groups is 1. The molecule has 1 N–H and O–H groups in total. The molecule has 0 saturated carbocycles. The molecule has 0 bridgehead atoms. The molecular weight excluding hydrogens is 295 g/mol. The van der Waals surface area contributed by atoms with Crippen LogP contribution in [-0.2, 0) is 4.57 Å². The molecule has 4 heteroatoms. The van der Waals surface area contributed by atoms with Gasteiger partial charge in [0.1, 0.15) is 5.75 Å². The summed E-state index contributed by atoms with van der Waals surface area (Å²) in [4.78, 5) is 0. The van der Waals surface area contributed by atoms with E-state index in [1.165, 1.54) is 0 Å². The minimum atomic E-state index is -3.13. The van der Waals surface area contributed by atoms with E-state index >= 15 is 0 Å². The molecule has 2 aromatic carbocycles. The Bertz CT molecular complexity index is 864. The lowest BCUT2D eigenvalue weighted by molar-refractivity contribution is 0.396. The van der Waals surface area contributed by atoms with E-state index in [0.717, 1.165) is 21.7 Å². The van der Waals surface area contributed by atoms with Crippen LogP contribution in [0.25, 0.3) is 11.1 Å². The lowest BCUT2D eigenvalue weighted by atomic mass is 10.0. The molecule has 0 radical (unpaired) electrons. The number of rotatable bonds is 1. The molecule has 22 heavy (non-hydrogen) atoms. The van der Waals surface area contributed by atoms with Crippen molar-refractivity contribution < 1.29 is 14.2 Å². The van der Waals surface area contributed by atoms with Gasteiger partial charge in [0.15, 0.2) is 0 Å². The van der Waals surface area contributed by atoms with E-state index in [1.807, 2.05) is 54.6 Å². The van der Waals surface area contributed by atoms with Crippen LogP contribution in [0.15, 0.2) is 71.8 Å². The summed E-state index contributed by atoms with van der Waals surface area (Å²) in [5, 5.41) is 11.1. The summed E-state index contributed by atoms with van der Waals surface area (Å²) in [6.07, 6.45) is 4.41. The molecule has 3 nitrogen and oxygen atoms in total. The summed E-state index contributed by atoms with van der Waals surface area (Å²) in [6.45, 7) is 0. The monoisotopic (exact) mass is 310 g/mol. The van der Waals surface area contributed by atoms with Crippen molar-refractivity contribution in [2.24, 2.45) is 0 Å². The van der Waals surface area contributed by atoms with E-state index < -0.39 is 7.37 Å². The van der Waals surface area contributed by atoms with Crippen LogP contribution in [0.2, 0.25) is 0 Å². The zero-order chi connectivity index (χ0) is 15.2. The third-order valence-electron chi connectivity index (χ3n) is 4.10. The standard InChI is InChI=1S/C18H15O3P/c19-13-9-11-14(12-10-13)22(20)18-8-4-2-6-16(18)15-5-1-3-7-17(15)21-22/h1-9,12,19H,10-11H2. The molecule has 1 aliphatic heterocycles. The van der Waals surface area contributed by atoms with Gasteiger partial charge in [0.2, 0.25) is 0 Å². The van der Waals surface area contributed by atoms with Gasteiger partial charge < -0.3 is 9.63 Å². The summed E-state index contributed by atoms with van der Waals surface area (Å²) in [6, 6.07) is 15.4. The first-order chi connectivity index (χ1) is 10.7. The van der Waals surface area contributed by atoms with Crippen molar-refractivity contribution >= 4 is 12.7 Å². The Morgan fingerprint density at radius 2 is 1.64 bits per heavy atom. The highest BCUT2D eigenvalue weighted by atomic mass is 31.2. The fraction of sp³-hybridized carbons (Fsp3) is 0.111. The van der Waals surface area contributed by atoms with Crippen molar-refractivity contribution in [3.8, 4) is 16.9 Å². The van der Waals surface area contributed by atoms with Crippen molar-refractivity contribution in [2.75, 3.05) is 0 Å². The van der Waals surface area contributed by atoms with Gasteiger partial charge in [-0.25, -0.2) is 0 Å². The molecule has 0 spiro atoms. The Morgan fingerprint density at radius 1 is 0.909 bits per heavy atom. The highest BCUT2D eigenvalue weighted by molar-refractivity contribution is 7.71. The third-order valence-corrected chi connectivity index (χ3v) is 6.70. The number of hydrogen-bond acceptors (Lipinski definition) is 3. The van der Waals surface area contributed by atoms with E-state index in [1.54, 1.807) is 6.08 Å².